The number of hydrogen-bond acceptors (Lipinski definition) is 4. The van der Waals surface area contributed by atoms with Crippen molar-refractivity contribution < 1.29 is 13.2 Å². The van der Waals surface area contributed by atoms with Gasteiger partial charge in [0.05, 0.1) is 18.2 Å². The molecule has 1 fully saturated rings. The Morgan fingerprint density at radius 2 is 2.00 bits per heavy atom. The molecule has 1 saturated heterocycles. The van der Waals surface area contributed by atoms with Gasteiger partial charge in [-0.05, 0) is 19.2 Å². The van der Waals surface area contributed by atoms with Crippen molar-refractivity contribution in [2.24, 2.45) is 4.99 Å². The van der Waals surface area contributed by atoms with Gasteiger partial charge in [0, 0.05) is 31.9 Å². The molecule has 0 bridgehead atoms. The zero-order valence-electron chi connectivity index (χ0n) is 12.4. The molecular formula is C15H19F3N4. The molecule has 7 heteroatoms. The Labute approximate surface area is 127 Å². The lowest BCUT2D eigenvalue weighted by Crippen LogP contribution is -2.58. The highest BCUT2D eigenvalue weighted by molar-refractivity contribution is 5.92. The van der Waals surface area contributed by atoms with Crippen LogP contribution in [0.2, 0.25) is 0 Å². The normalized spacial score (nSPS) is 23.4. The first-order valence-electron chi connectivity index (χ1n) is 7.36. The van der Waals surface area contributed by atoms with Crippen LogP contribution in [0.5, 0.6) is 0 Å². The number of para-hydroxylation sites is 1. The van der Waals surface area contributed by atoms with Crippen molar-refractivity contribution in [3.8, 4) is 0 Å². The van der Waals surface area contributed by atoms with Crippen molar-refractivity contribution in [1.29, 1.82) is 0 Å². The van der Waals surface area contributed by atoms with E-state index in [1.807, 2.05) is 11.9 Å². The summed E-state index contributed by atoms with van der Waals surface area (Å²) in [5, 5.41) is 3.21. The zero-order chi connectivity index (χ0) is 15.7. The van der Waals surface area contributed by atoms with Crippen LogP contribution >= 0.6 is 0 Å². The minimum absolute atomic E-state index is 0.162. The predicted octanol–water partition coefficient (Wildman–Crippen LogP) is 1.83. The van der Waals surface area contributed by atoms with E-state index in [-0.39, 0.29) is 11.7 Å². The molecule has 22 heavy (non-hydrogen) atoms. The molecule has 120 valence electrons. The Hall–Kier alpha value is -1.76. The van der Waals surface area contributed by atoms with Crippen LogP contribution in [0.4, 0.5) is 18.9 Å². The number of rotatable bonds is 2. The Morgan fingerprint density at radius 1 is 1.23 bits per heavy atom. The molecule has 0 aromatic heterocycles. The van der Waals surface area contributed by atoms with Crippen LogP contribution in [0.15, 0.2) is 29.3 Å². The highest BCUT2D eigenvalue weighted by Gasteiger charge is 2.38. The van der Waals surface area contributed by atoms with E-state index in [1.54, 1.807) is 12.1 Å². The van der Waals surface area contributed by atoms with Gasteiger partial charge in [-0.25, -0.2) is 0 Å². The molecule has 0 radical (unpaired) electrons. The van der Waals surface area contributed by atoms with Crippen LogP contribution in [0, 0.1) is 0 Å². The van der Waals surface area contributed by atoms with Crippen molar-refractivity contribution in [2.75, 3.05) is 44.7 Å². The lowest BCUT2D eigenvalue weighted by atomic mass is 10.1. The van der Waals surface area contributed by atoms with Gasteiger partial charge in [-0.15, -0.1) is 0 Å². The topological polar surface area (TPSA) is 30.9 Å². The third-order valence-electron chi connectivity index (χ3n) is 4.12. The number of hydrogen-bond donors (Lipinski definition) is 1. The highest BCUT2D eigenvalue weighted by atomic mass is 19.4. The van der Waals surface area contributed by atoms with Crippen molar-refractivity contribution in [3.05, 3.63) is 29.8 Å². The second-order valence-electron chi connectivity index (χ2n) is 5.68. The molecule has 1 unspecified atom stereocenters. The van der Waals surface area contributed by atoms with E-state index in [1.165, 1.54) is 6.07 Å². The van der Waals surface area contributed by atoms with Crippen LogP contribution in [-0.4, -0.2) is 56.5 Å². The molecule has 0 saturated carbocycles. The van der Waals surface area contributed by atoms with Crippen LogP contribution in [0.1, 0.15) is 5.56 Å². The Morgan fingerprint density at radius 3 is 2.68 bits per heavy atom. The number of piperazine rings is 1. The second kappa shape index (κ2) is 5.79. The highest BCUT2D eigenvalue weighted by Crippen LogP contribution is 2.37. The molecule has 2 heterocycles. The van der Waals surface area contributed by atoms with Gasteiger partial charge in [0.1, 0.15) is 5.84 Å². The van der Waals surface area contributed by atoms with E-state index in [4.69, 9.17) is 0 Å². The van der Waals surface area contributed by atoms with Crippen LogP contribution in [0.3, 0.4) is 0 Å². The molecule has 1 N–H and O–H groups in total. The van der Waals surface area contributed by atoms with E-state index >= 15 is 0 Å². The van der Waals surface area contributed by atoms with Gasteiger partial charge < -0.3 is 15.1 Å². The molecule has 1 aromatic carbocycles. The Kier molecular flexibility index (Phi) is 3.99. The number of likely N-dealkylation sites (N-methyl/N-ethyl adjacent to an activating group) is 1. The minimum Gasteiger partial charge on any atom is -0.370 e. The molecule has 0 amide bonds. The standard InChI is InChI=1S/C15H19F3N4/c1-21-8-9-22(13(10-21)14-19-6-7-20-14)12-5-3-2-4-11(12)15(16,17)18/h2-5,13H,6-10H2,1H3,(H,19,20). The molecule has 3 rings (SSSR count). The fourth-order valence-electron chi connectivity index (χ4n) is 3.04. The maximum Gasteiger partial charge on any atom is 0.418 e. The van der Waals surface area contributed by atoms with Crippen molar-refractivity contribution in [1.82, 2.24) is 10.2 Å². The summed E-state index contributed by atoms with van der Waals surface area (Å²) < 4.78 is 39.9. The molecule has 2 aliphatic heterocycles. The van der Waals surface area contributed by atoms with Gasteiger partial charge >= 0.3 is 6.18 Å². The first-order valence-corrected chi connectivity index (χ1v) is 7.36. The first-order chi connectivity index (χ1) is 10.5. The van der Waals surface area contributed by atoms with Crippen molar-refractivity contribution in [2.45, 2.75) is 12.2 Å². The summed E-state index contributed by atoms with van der Waals surface area (Å²) in [6.07, 6.45) is -4.35. The first kappa shape index (κ1) is 15.1. The molecular weight excluding hydrogens is 293 g/mol. The number of nitrogens with one attached hydrogen (secondary N) is 1. The number of amidine groups is 1. The fraction of sp³-hybridized carbons (Fsp3) is 0.533. The van der Waals surface area contributed by atoms with Gasteiger partial charge in [0.2, 0.25) is 0 Å². The van der Waals surface area contributed by atoms with Crippen molar-refractivity contribution in [3.63, 3.8) is 0 Å². The average Bonchev–Trinajstić information content (AvgIpc) is 3.00. The third kappa shape index (κ3) is 2.90. The summed E-state index contributed by atoms with van der Waals surface area (Å²) in [4.78, 5) is 8.38. The van der Waals surface area contributed by atoms with Gasteiger partial charge in [0.25, 0.3) is 0 Å². The Balaban J connectivity index is 1.98. The van der Waals surface area contributed by atoms with Gasteiger partial charge in [-0.3, -0.25) is 4.99 Å². The van der Waals surface area contributed by atoms with Gasteiger partial charge in [0.15, 0.2) is 0 Å². The summed E-state index contributed by atoms with van der Waals surface area (Å²) in [5.41, 5.74) is -0.340. The van der Waals surface area contributed by atoms with Crippen molar-refractivity contribution >= 4 is 11.5 Å². The number of halogens is 3. The molecule has 1 aromatic rings. The second-order valence-corrected chi connectivity index (χ2v) is 5.68. The van der Waals surface area contributed by atoms with E-state index in [0.29, 0.717) is 19.6 Å². The number of nitrogens with zero attached hydrogens (tertiary/aromatic N) is 3. The summed E-state index contributed by atoms with van der Waals surface area (Å²) in [7, 11) is 1.98. The van der Waals surface area contributed by atoms with Gasteiger partial charge in [-0.1, -0.05) is 12.1 Å². The molecule has 1 atom stereocenters. The summed E-state index contributed by atoms with van der Waals surface area (Å²) in [6.45, 7) is 3.39. The van der Waals surface area contributed by atoms with E-state index in [0.717, 1.165) is 25.0 Å². The maximum atomic E-state index is 13.3. The summed E-state index contributed by atoms with van der Waals surface area (Å²) >= 11 is 0. The van der Waals surface area contributed by atoms with E-state index < -0.39 is 11.7 Å². The maximum absolute atomic E-state index is 13.3. The monoisotopic (exact) mass is 312 g/mol. The number of alkyl halides is 3. The molecule has 4 nitrogen and oxygen atoms in total. The SMILES string of the molecule is CN1CCN(c2ccccc2C(F)(F)F)C(C2=NCCN2)C1. The molecule has 2 aliphatic rings. The smallest absolute Gasteiger partial charge is 0.370 e. The summed E-state index contributed by atoms with van der Waals surface area (Å²) in [6, 6.07) is 5.63. The lowest BCUT2D eigenvalue weighted by Gasteiger charge is -2.42. The third-order valence-corrected chi connectivity index (χ3v) is 4.12. The number of benzene rings is 1. The molecule has 0 spiro atoms. The fourth-order valence-corrected chi connectivity index (χ4v) is 3.04. The predicted molar refractivity (Wildman–Crippen MR) is 80.4 cm³/mol. The van der Waals surface area contributed by atoms with Crippen LogP contribution in [0.25, 0.3) is 0 Å². The number of aliphatic imine (C=N–C) groups is 1. The van der Waals surface area contributed by atoms with Crippen LogP contribution in [-0.2, 0) is 6.18 Å². The number of anilines is 1. The van der Waals surface area contributed by atoms with E-state index in [9.17, 15) is 13.2 Å². The largest absolute Gasteiger partial charge is 0.418 e. The minimum atomic E-state index is -4.35. The van der Waals surface area contributed by atoms with Gasteiger partial charge in [-0.2, -0.15) is 13.2 Å². The van der Waals surface area contributed by atoms with E-state index in [2.05, 4.69) is 15.2 Å². The molecule has 0 aliphatic carbocycles. The zero-order valence-corrected chi connectivity index (χ0v) is 12.4. The van der Waals surface area contributed by atoms with Crippen LogP contribution < -0.4 is 10.2 Å². The lowest BCUT2D eigenvalue weighted by molar-refractivity contribution is -0.137. The summed E-state index contributed by atoms with van der Waals surface area (Å²) in [5.74, 6) is 0.795. The quantitative estimate of drug-likeness (QED) is 0.904. The average molecular weight is 312 g/mol. The Bertz CT molecular complexity index is 570.